The third kappa shape index (κ3) is 5.23. The van der Waals surface area contributed by atoms with Crippen LogP contribution < -0.4 is 15.6 Å². The van der Waals surface area contributed by atoms with Crippen molar-refractivity contribution in [3.63, 3.8) is 0 Å². The van der Waals surface area contributed by atoms with Crippen LogP contribution in [0.3, 0.4) is 0 Å². The third-order valence-corrected chi connectivity index (χ3v) is 4.91. The number of aromatic amines is 2. The zero-order chi connectivity index (χ0) is 20.8. The molecule has 0 radical (unpaired) electrons. The smallest absolute Gasteiger partial charge is 0.254 e. The monoisotopic (exact) mass is 414 g/mol. The molecule has 152 valence electrons. The second kappa shape index (κ2) is 9.37. The van der Waals surface area contributed by atoms with Crippen molar-refractivity contribution >= 4 is 17.7 Å². The summed E-state index contributed by atoms with van der Waals surface area (Å²) >= 11 is 1.37. The van der Waals surface area contributed by atoms with E-state index in [1.807, 2.05) is 30.5 Å². The standard InChI is InChI=1S/C19H22N6O3S/c1-11-14(18(27)23-19(21-11)29-3)8-9-16(26)20-10-15-22-17(25-24-15)12-4-6-13(28-2)7-5-12/h4-7H,8-10H2,1-3H3,(H,20,26)(H,21,23,27)(H,22,24,25). The number of carbonyl (C=O) groups is 1. The number of rotatable bonds is 8. The van der Waals surface area contributed by atoms with Crippen molar-refractivity contribution in [3.8, 4) is 17.1 Å². The van der Waals surface area contributed by atoms with Gasteiger partial charge >= 0.3 is 0 Å². The van der Waals surface area contributed by atoms with Crippen LogP contribution in [0.1, 0.15) is 23.5 Å². The van der Waals surface area contributed by atoms with Gasteiger partial charge < -0.3 is 15.0 Å². The topological polar surface area (TPSA) is 126 Å². The van der Waals surface area contributed by atoms with Crippen LogP contribution in [0.25, 0.3) is 11.4 Å². The highest BCUT2D eigenvalue weighted by atomic mass is 32.2. The number of carbonyl (C=O) groups excluding carboxylic acids is 1. The number of amides is 1. The Morgan fingerprint density at radius 2 is 2.00 bits per heavy atom. The Kier molecular flexibility index (Phi) is 6.65. The lowest BCUT2D eigenvalue weighted by molar-refractivity contribution is -0.121. The lowest BCUT2D eigenvalue weighted by Gasteiger charge is -2.06. The van der Waals surface area contributed by atoms with E-state index in [2.05, 4.69) is 30.5 Å². The van der Waals surface area contributed by atoms with E-state index in [9.17, 15) is 9.59 Å². The Morgan fingerprint density at radius 1 is 1.24 bits per heavy atom. The molecule has 0 aliphatic heterocycles. The summed E-state index contributed by atoms with van der Waals surface area (Å²) < 4.78 is 5.13. The summed E-state index contributed by atoms with van der Waals surface area (Å²) in [4.78, 5) is 35.7. The first-order valence-electron chi connectivity index (χ1n) is 8.96. The summed E-state index contributed by atoms with van der Waals surface area (Å²) in [7, 11) is 1.61. The number of thioether (sulfide) groups is 1. The molecule has 3 N–H and O–H groups in total. The molecule has 0 spiro atoms. The fourth-order valence-electron chi connectivity index (χ4n) is 2.73. The van der Waals surface area contributed by atoms with Crippen LogP contribution in [-0.4, -0.2) is 44.4 Å². The summed E-state index contributed by atoms with van der Waals surface area (Å²) in [5, 5.41) is 10.3. The Morgan fingerprint density at radius 3 is 2.66 bits per heavy atom. The van der Waals surface area contributed by atoms with Crippen LogP contribution in [0, 0.1) is 6.92 Å². The van der Waals surface area contributed by atoms with E-state index >= 15 is 0 Å². The molecule has 0 aliphatic carbocycles. The maximum Gasteiger partial charge on any atom is 0.254 e. The lowest BCUT2D eigenvalue weighted by atomic mass is 10.1. The number of hydrogen-bond acceptors (Lipinski definition) is 7. The summed E-state index contributed by atoms with van der Waals surface area (Å²) in [6.07, 6.45) is 2.35. The number of methoxy groups -OCH3 is 1. The molecule has 0 unspecified atom stereocenters. The van der Waals surface area contributed by atoms with Crippen LogP contribution in [0.4, 0.5) is 0 Å². The van der Waals surface area contributed by atoms with Gasteiger partial charge in [0.15, 0.2) is 11.0 Å². The van der Waals surface area contributed by atoms with Crippen LogP contribution in [0.2, 0.25) is 0 Å². The van der Waals surface area contributed by atoms with Crippen LogP contribution in [-0.2, 0) is 17.8 Å². The first-order valence-corrected chi connectivity index (χ1v) is 10.2. The molecule has 0 fully saturated rings. The highest BCUT2D eigenvalue weighted by Gasteiger charge is 2.12. The highest BCUT2D eigenvalue weighted by molar-refractivity contribution is 7.98. The summed E-state index contributed by atoms with van der Waals surface area (Å²) in [5.41, 5.74) is 1.81. The summed E-state index contributed by atoms with van der Waals surface area (Å²) in [6, 6.07) is 7.38. The molecule has 0 bridgehead atoms. The molecular formula is C19H22N6O3S. The quantitative estimate of drug-likeness (QED) is 0.379. The van der Waals surface area contributed by atoms with E-state index in [0.29, 0.717) is 34.5 Å². The minimum atomic E-state index is -0.200. The maximum atomic E-state index is 12.2. The predicted octanol–water partition coefficient (Wildman–Crippen LogP) is 1.84. The zero-order valence-corrected chi connectivity index (χ0v) is 17.2. The number of ether oxygens (including phenoxy) is 1. The van der Waals surface area contributed by atoms with E-state index in [0.717, 1.165) is 11.3 Å². The Hall–Kier alpha value is -3.14. The largest absolute Gasteiger partial charge is 0.497 e. The molecule has 2 heterocycles. The second-order valence-corrected chi connectivity index (χ2v) is 7.05. The molecule has 1 amide bonds. The zero-order valence-electron chi connectivity index (χ0n) is 16.4. The Labute approximate surface area is 171 Å². The van der Waals surface area contributed by atoms with E-state index in [-0.39, 0.29) is 24.4 Å². The fraction of sp³-hybridized carbons (Fsp3) is 0.316. The van der Waals surface area contributed by atoms with Gasteiger partial charge in [0.1, 0.15) is 11.6 Å². The molecule has 0 saturated heterocycles. The van der Waals surface area contributed by atoms with Gasteiger partial charge in [0.2, 0.25) is 5.91 Å². The molecule has 0 saturated carbocycles. The van der Waals surface area contributed by atoms with Gasteiger partial charge in [-0.2, -0.15) is 5.10 Å². The molecule has 1 aromatic carbocycles. The van der Waals surface area contributed by atoms with E-state index < -0.39 is 0 Å². The minimum Gasteiger partial charge on any atom is -0.497 e. The van der Waals surface area contributed by atoms with Crippen molar-refractivity contribution in [1.29, 1.82) is 0 Å². The van der Waals surface area contributed by atoms with Crippen molar-refractivity contribution in [2.24, 2.45) is 0 Å². The van der Waals surface area contributed by atoms with Gasteiger partial charge in [-0.05, 0) is 43.9 Å². The minimum absolute atomic E-state index is 0.180. The lowest BCUT2D eigenvalue weighted by Crippen LogP contribution is -2.25. The average molecular weight is 414 g/mol. The number of nitrogens with one attached hydrogen (secondary N) is 3. The summed E-state index contributed by atoms with van der Waals surface area (Å²) in [5.74, 6) is 1.66. The van der Waals surface area contributed by atoms with Crippen molar-refractivity contribution in [3.05, 3.63) is 51.7 Å². The van der Waals surface area contributed by atoms with Gasteiger partial charge in [-0.25, -0.2) is 9.97 Å². The van der Waals surface area contributed by atoms with Gasteiger partial charge in [0.25, 0.3) is 5.56 Å². The van der Waals surface area contributed by atoms with E-state index in [1.165, 1.54) is 11.8 Å². The maximum absolute atomic E-state index is 12.2. The van der Waals surface area contributed by atoms with Gasteiger partial charge in [-0.15, -0.1) is 0 Å². The molecule has 0 aliphatic rings. The number of nitrogens with zero attached hydrogens (tertiary/aromatic N) is 3. The molecule has 29 heavy (non-hydrogen) atoms. The molecule has 10 heteroatoms. The van der Waals surface area contributed by atoms with E-state index in [4.69, 9.17) is 4.74 Å². The highest BCUT2D eigenvalue weighted by Crippen LogP contribution is 2.18. The molecule has 2 aromatic heterocycles. The van der Waals surface area contributed by atoms with Crippen LogP contribution >= 0.6 is 11.8 Å². The third-order valence-electron chi connectivity index (χ3n) is 4.33. The Bertz CT molecular complexity index is 1040. The van der Waals surface area contributed by atoms with Gasteiger partial charge in [-0.1, -0.05) is 11.8 Å². The number of aryl methyl sites for hydroxylation is 1. The van der Waals surface area contributed by atoms with Gasteiger partial charge in [-0.3, -0.25) is 14.7 Å². The summed E-state index contributed by atoms with van der Waals surface area (Å²) in [6.45, 7) is 2.00. The van der Waals surface area contributed by atoms with Gasteiger partial charge in [0.05, 0.1) is 13.7 Å². The number of benzene rings is 1. The fourth-order valence-corrected chi connectivity index (χ4v) is 3.15. The first kappa shape index (κ1) is 20.6. The number of H-pyrrole nitrogens is 2. The second-order valence-electron chi connectivity index (χ2n) is 6.25. The predicted molar refractivity (Wildman–Crippen MR) is 110 cm³/mol. The van der Waals surface area contributed by atoms with Crippen molar-refractivity contribution in [2.75, 3.05) is 13.4 Å². The van der Waals surface area contributed by atoms with Crippen molar-refractivity contribution < 1.29 is 9.53 Å². The average Bonchev–Trinajstić information content (AvgIpc) is 3.20. The van der Waals surface area contributed by atoms with Crippen molar-refractivity contribution in [1.82, 2.24) is 30.5 Å². The first-order chi connectivity index (χ1) is 14.0. The van der Waals surface area contributed by atoms with Crippen molar-refractivity contribution in [2.45, 2.75) is 31.5 Å². The molecular weight excluding hydrogens is 392 g/mol. The van der Waals surface area contributed by atoms with E-state index in [1.54, 1.807) is 14.0 Å². The molecule has 3 aromatic rings. The SMILES string of the molecule is COc1ccc(-c2n[nH]c(CNC(=O)CCc3c(C)nc(SC)[nH]c3=O)n2)cc1. The number of aromatic nitrogens is 5. The normalized spacial score (nSPS) is 10.7. The number of hydrogen-bond donors (Lipinski definition) is 3. The Balaban J connectivity index is 1.54. The molecule has 9 nitrogen and oxygen atoms in total. The van der Waals surface area contributed by atoms with Gasteiger partial charge in [0, 0.05) is 23.2 Å². The molecule has 3 rings (SSSR count). The van der Waals surface area contributed by atoms with Crippen LogP contribution in [0.5, 0.6) is 5.75 Å². The molecule has 0 atom stereocenters. The van der Waals surface area contributed by atoms with Crippen LogP contribution in [0.15, 0.2) is 34.2 Å².